The van der Waals surface area contributed by atoms with Crippen molar-refractivity contribution in [3.8, 4) is 0 Å². The van der Waals surface area contributed by atoms with E-state index in [0.29, 0.717) is 0 Å². The van der Waals surface area contributed by atoms with Crippen LogP contribution in [0.4, 0.5) is 0 Å². The zero-order valence-electron chi connectivity index (χ0n) is 14.0. The van der Waals surface area contributed by atoms with Crippen LogP contribution < -0.4 is 0 Å². The monoisotopic (exact) mass is 301 g/mol. The highest BCUT2D eigenvalue weighted by atomic mass is 16.3. The molecule has 120 valence electrons. The molecule has 0 bridgehead atoms. The zero-order valence-corrected chi connectivity index (χ0v) is 14.0. The van der Waals surface area contributed by atoms with Gasteiger partial charge in [-0.2, -0.15) is 5.10 Å². The molecule has 0 aliphatic heterocycles. The lowest BCUT2D eigenvalue weighted by Crippen LogP contribution is -2.26. The molecular weight excluding hydrogens is 274 g/mol. The third-order valence-electron chi connectivity index (χ3n) is 4.01. The van der Waals surface area contributed by atoms with E-state index in [9.17, 15) is 5.11 Å². The third kappa shape index (κ3) is 3.96. The molecule has 0 saturated heterocycles. The lowest BCUT2D eigenvalue weighted by Gasteiger charge is -2.29. The molecule has 0 aliphatic carbocycles. The summed E-state index contributed by atoms with van der Waals surface area (Å²) in [5, 5.41) is 16.8. The standard InChI is InChI=1S/C18H27N3O/c1-18(2,3)17-15(12-19-20-17)13-21(4)16(10-11-22)14-8-6-5-7-9-14/h5-9,12,16,22H,10-11,13H2,1-4H3,(H,19,20). The smallest absolute Gasteiger partial charge is 0.0535 e. The van der Waals surface area contributed by atoms with Crippen molar-refractivity contribution >= 4 is 0 Å². The van der Waals surface area contributed by atoms with Gasteiger partial charge in [-0.15, -0.1) is 0 Å². The minimum atomic E-state index is 0.0475. The van der Waals surface area contributed by atoms with Crippen molar-refractivity contribution < 1.29 is 5.11 Å². The molecule has 1 aromatic heterocycles. The number of aliphatic hydroxyl groups excluding tert-OH is 1. The van der Waals surface area contributed by atoms with Gasteiger partial charge in [0, 0.05) is 35.9 Å². The quantitative estimate of drug-likeness (QED) is 0.861. The Balaban J connectivity index is 2.19. The van der Waals surface area contributed by atoms with Gasteiger partial charge in [-0.05, 0) is 19.0 Å². The summed E-state index contributed by atoms with van der Waals surface area (Å²) in [5.41, 5.74) is 3.68. The van der Waals surface area contributed by atoms with E-state index in [1.165, 1.54) is 16.8 Å². The van der Waals surface area contributed by atoms with Crippen LogP contribution in [0.1, 0.15) is 50.1 Å². The van der Waals surface area contributed by atoms with Crippen LogP contribution in [0.2, 0.25) is 0 Å². The van der Waals surface area contributed by atoms with Gasteiger partial charge < -0.3 is 5.11 Å². The molecule has 2 N–H and O–H groups in total. The Morgan fingerprint density at radius 2 is 1.91 bits per heavy atom. The number of nitrogens with one attached hydrogen (secondary N) is 1. The van der Waals surface area contributed by atoms with Crippen LogP contribution in [0.25, 0.3) is 0 Å². The normalized spacial score (nSPS) is 13.5. The molecule has 1 aromatic carbocycles. The maximum Gasteiger partial charge on any atom is 0.0535 e. The first-order valence-electron chi connectivity index (χ1n) is 7.82. The van der Waals surface area contributed by atoms with Crippen LogP contribution in [0, 0.1) is 0 Å². The molecule has 22 heavy (non-hydrogen) atoms. The Morgan fingerprint density at radius 3 is 2.50 bits per heavy atom. The van der Waals surface area contributed by atoms with Gasteiger partial charge in [-0.25, -0.2) is 0 Å². The average molecular weight is 301 g/mol. The van der Waals surface area contributed by atoms with E-state index < -0.39 is 0 Å². The Hall–Kier alpha value is -1.65. The largest absolute Gasteiger partial charge is 0.396 e. The van der Waals surface area contributed by atoms with Gasteiger partial charge in [0.25, 0.3) is 0 Å². The number of hydrogen-bond acceptors (Lipinski definition) is 3. The fourth-order valence-corrected chi connectivity index (χ4v) is 2.90. The highest BCUT2D eigenvalue weighted by Crippen LogP contribution is 2.28. The number of aromatic amines is 1. The Labute approximate surface area is 133 Å². The van der Waals surface area contributed by atoms with E-state index in [2.05, 4.69) is 55.0 Å². The Kier molecular flexibility index (Phi) is 5.37. The van der Waals surface area contributed by atoms with E-state index >= 15 is 0 Å². The summed E-state index contributed by atoms with van der Waals surface area (Å²) in [6, 6.07) is 10.6. The summed E-state index contributed by atoms with van der Waals surface area (Å²) in [7, 11) is 2.10. The lowest BCUT2D eigenvalue weighted by molar-refractivity contribution is 0.179. The van der Waals surface area contributed by atoms with Crippen molar-refractivity contribution in [1.29, 1.82) is 0 Å². The van der Waals surface area contributed by atoms with Crippen molar-refractivity contribution in [2.45, 2.75) is 45.2 Å². The zero-order chi connectivity index (χ0) is 16.2. The fourth-order valence-electron chi connectivity index (χ4n) is 2.90. The summed E-state index contributed by atoms with van der Waals surface area (Å²) in [6.45, 7) is 7.55. The van der Waals surface area contributed by atoms with Crippen LogP contribution in [0.15, 0.2) is 36.5 Å². The number of hydrogen-bond donors (Lipinski definition) is 2. The van der Waals surface area contributed by atoms with Gasteiger partial charge in [-0.1, -0.05) is 51.1 Å². The summed E-state index contributed by atoms with van der Waals surface area (Å²) in [6.07, 6.45) is 2.64. The molecule has 0 radical (unpaired) electrons. The fraction of sp³-hybridized carbons (Fsp3) is 0.500. The van der Waals surface area contributed by atoms with Crippen molar-refractivity contribution in [2.75, 3.05) is 13.7 Å². The molecule has 0 spiro atoms. The predicted molar refractivity (Wildman–Crippen MR) is 89.6 cm³/mol. The molecule has 1 unspecified atom stereocenters. The van der Waals surface area contributed by atoms with Crippen molar-refractivity contribution in [1.82, 2.24) is 15.1 Å². The summed E-state index contributed by atoms with van der Waals surface area (Å²) in [5.74, 6) is 0. The van der Waals surface area contributed by atoms with Crippen molar-refractivity contribution in [3.63, 3.8) is 0 Å². The first-order chi connectivity index (χ1) is 10.4. The number of aliphatic hydroxyl groups is 1. The Morgan fingerprint density at radius 1 is 1.23 bits per heavy atom. The van der Waals surface area contributed by atoms with Crippen LogP contribution in [0.3, 0.4) is 0 Å². The minimum Gasteiger partial charge on any atom is -0.396 e. The summed E-state index contributed by atoms with van der Waals surface area (Å²) >= 11 is 0. The molecule has 0 aliphatic rings. The van der Waals surface area contributed by atoms with Crippen LogP contribution in [-0.2, 0) is 12.0 Å². The Bertz CT molecular complexity index is 572. The predicted octanol–water partition coefficient (Wildman–Crippen LogP) is 3.26. The second kappa shape index (κ2) is 7.07. The molecular formula is C18H27N3O. The number of rotatable bonds is 6. The van der Waals surface area contributed by atoms with Crippen molar-refractivity contribution in [3.05, 3.63) is 53.3 Å². The molecule has 1 atom stereocenters. The first-order valence-corrected chi connectivity index (χ1v) is 7.82. The minimum absolute atomic E-state index is 0.0475. The maximum atomic E-state index is 9.41. The number of benzene rings is 1. The van der Waals surface area contributed by atoms with E-state index in [0.717, 1.165) is 13.0 Å². The van der Waals surface area contributed by atoms with Gasteiger partial charge in [-0.3, -0.25) is 10.00 Å². The molecule has 2 aromatic rings. The molecule has 0 saturated carbocycles. The summed E-state index contributed by atoms with van der Waals surface area (Å²) in [4.78, 5) is 2.28. The van der Waals surface area contributed by atoms with E-state index in [4.69, 9.17) is 0 Å². The first kappa shape index (κ1) is 16.7. The number of nitrogens with zero attached hydrogens (tertiary/aromatic N) is 2. The number of H-pyrrole nitrogens is 1. The highest BCUT2D eigenvalue weighted by Gasteiger charge is 2.23. The maximum absolute atomic E-state index is 9.41. The van der Waals surface area contributed by atoms with Crippen LogP contribution >= 0.6 is 0 Å². The molecule has 4 nitrogen and oxygen atoms in total. The van der Waals surface area contributed by atoms with Gasteiger partial charge >= 0.3 is 0 Å². The topological polar surface area (TPSA) is 52.2 Å². The highest BCUT2D eigenvalue weighted by molar-refractivity contribution is 5.24. The number of aromatic nitrogens is 2. The molecule has 0 fully saturated rings. The lowest BCUT2D eigenvalue weighted by atomic mass is 9.89. The molecule has 2 rings (SSSR count). The SMILES string of the molecule is CN(Cc1cn[nH]c1C(C)(C)C)C(CCO)c1ccccc1. The summed E-state index contributed by atoms with van der Waals surface area (Å²) < 4.78 is 0. The average Bonchev–Trinajstić information content (AvgIpc) is 2.93. The van der Waals surface area contributed by atoms with Gasteiger partial charge in [0.15, 0.2) is 0 Å². The molecule has 0 amide bonds. The molecule has 1 heterocycles. The van der Waals surface area contributed by atoms with Crippen LogP contribution in [0.5, 0.6) is 0 Å². The molecule has 4 heteroatoms. The van der Waals surface area contributed by atoms with Gasteiger partial charge in [0.1, 0.15) is 0 Å². The van der Waals surface area contributed by atoms with E-state index in [1.54, 1.807) is 0 Å². The van der Waals surface area contributed by atoms with Gasteiger partial charge in [0.2, 0.25) is 0 Å². The van der Waals surface area contributed by atoms with Crippen LogP contribution in [-0.4, -0.2) is 33.9 Å². The van der Waals surface area contributed by atoms with E-state index in [1.807, 2.05) is 24.4 Å². The van der Waals surface area contributed by atoms with Gasteiger partial charge in [0.05, 0.1) is 6.20 Å². The third-order valence-corrected chi connectivity index (χ3v) is 4.01. The van der Waals surface area contributed by atoms with Crippen molar-refractivity contribution in [2.24, 2.45) is 0 Å². The van der Waals surface area contributed by atoms with E-state index in [-0.39, 0.29) is 18.1 Å². The second-order valence-electron chi connectivity index (χ2n) is 6.87. The second-order valence-corrected chi connectivity index (χ2v) is 6.87.